The van der Waals surface area contributed by atoms with Crippen LogP contribution in [0.2, 0.25) is 0 Å². The molecule has 8 heteroatoms. The van der Waals surface area contributed by atoms with Crippen molar-refractivity contribution in [2.75, 3.05) is 24.1 Å². The number of likely N-dealkylation sites (tertiary alicyclic amines) is 1. The number of nitrogen functional groups attached to an aromatic ring is 1. The molecule has 0 bridgehead atoms. The lowest BCUT2D eigenvalue weighted by molar-refractivity contribution is 0.102. The van der Waals surface area contributed by atoms with Crippen molar-refractivity contribution in [2.45, 2.75) is 26.3 Å². The molecule has 0 saturated carbocycles. The van der Waals surface area contributed by atoms with Gasteiger partial charge in [-0.2, -0.15) is 0 Å². The molecule has 3 rings (SSSR count). The minimum absolute atomic E-state index is 0. The topological polar surface area (TPSA) is 71.2 Å². The highest BCUT2D eigenvalue weighted by Crippen LogP contribution is 2.21. The number of carbonyl (C=O) groups excluding carboxylic acids is 1. The molecule has 25 heavy (non-hydrogen) atoms. The van der Waals surface area contributed by atoms with E-state index < -0.39 is 0 Å². The highest BCUT2D eigenvalue weighted by molar-refractivity contribution is 7.13. The molecule has 138 valence electrons. The smallest absolute Gasteiger partial charge is 0.257 e. The standard InChI is InChI=1S/C17H22N4OS.2ClH/c1-12-4-3-7-21(9-12)10-15-11-23-17(19-15)20-16(22)13-5-2-6-14(18)8-13;;/h2,5-6,8,11-12H,3-4,7,9-10,18H2,1H3,(H,19,20,22);2*1H. The molecule has 1 aromatic carbocycles. The van der Waals surface area contributed by atoms with E-state index in [1.807, 2.05) is 5.38 Å². The van der Waals surface area contributed by atoms with Gasteiger partial charge in [0.25, 0.3) is 5.91 Å². The molecule has 0 radical (unpaired) electrons. The number of amides is 1. The largest absolute Gasteiger partial charge is 0.399 e. The summed E-state index contributed by atoms with van der Waals surface area (Å²) in [5.74, 6) is 0.579. The van der Waals surface area contributed by atoms with Gasteiger partial charge in [-0.05, 0) is 43.5 Å². The highest BCUT2D eigenvalue weighted by Gasteiger charge is 2.17. The molecular formula is C17H24Cl2N4OS. The number of benzene rings is 1. The van der Waals surface area contributed by atoms with Crippen molar-refractivity contribution >= 4 is 52.9 Å². The molecule has 0 aliphatic carbocycles. The number of hydrogen-bond donors (Lipinski definition) is 2. The van der Waals surface area contributed by atoms with E-state index >= 15 is 0 Å². The number of nitrogens with two attached hydrogens (primary N) is 1. The van der Waals surface area contributed by atoms with Gasteiger partial charge in [0.2, 0.25) is 0 Å². The number of carbonyl (C=O) groups is 1. The summed E-state index contributed by atoms with van der Waals surface area (Å²) in [6.45, 7) is 5.41. The SMILES string of the molecule is CC1CCCN(Cc2csc(NC(=O)c3cccc(N)c3)n2)C1.Cl.Cl. The number of aromatic nitrogens is 1. The molecule has 1 unspecified atom stereocenters. The van der Waals surface area contributed by atoms with Gasteiger partial charge >= 0.3 is 0 Å². The Morgan fingerprint density at radius 3 is 2.96 bits per heavy atom. The summed E-state index contributed by atoms with van der Waals surface area (Å²) in [6, 6.07) is 6.95. The molecule has 1 aromatic heterocycles. The molecule has 2 heterocycles. The molecule has 1 fully saturated rings. The number of halogens is 2. The number of rotatable bonds is 4. The van der Waals surface area contributed by atoms with Crippen molar-refractivity contribution in [1.82, 2.24) is 9.88 Å². The van der Waals surface area contributed by atoms with Gasteiger partial charge in [-0.3, -0.25) is 15.0 Å². The van der Waals surface area contributed by atoms with Crippen LogP contribution < -0.4 is 11.1 Å². The van der Waals surface area contributed by atoms with Crippen molar-refractivity contribution in [3.63, 3.8) is 0 Å². The summed E-state index contributed by atoms with van der Waals surface area (Å²) in [7, 11) is 0. The number of thiazole rings is 1. The normalized spacial score (nSPS) is 17.2. The van der Waals surface area contributed by atoms with E-state index in [-0.39, 0.29) is 30.7 Å². The maximum atomic E-state index is 12.2. The first kappa shape index (κ1) is 21.7. The van der Waals surface area contributed by atoms with Crippen LogP contribution in [-0.4, -0.2) is 28.9 Å². The average molecular weight is 403 g/mol. The Bertz CT molecular complexity index is 695. The van der Waals surface area contributed by atoms with Crippen LogP contribution in [0.1, 0.15) is 35.8 Å². The Labute approximate surface area is 164 Å². The monoisotopic (exact) mass is 402 g/mol. The quantitative estimate of drug-likeness (QED) is 0.756. The Morgan fingerprint density at radius 1 is 1.44 bits per heavy atom. The van der Waals surface area contributed by atoms with Crippen molar-refractivity contribution in [1.29, 1.82) is 0 Å². The molecule has 1 aliphatic heterocycles. The predicted molar refractivity (Wildman–Crippen MR) is 109 cm³/mol. The first-order valence-corrected chi connectivity index (χ1v) is 8.82. The summed E-state index contributed by atoms with van der Waals surface area (Å²) >= 11 is 1.47. The van der Waals surface area contributed by atoms with E-state index in [0.29, 0.717) is 16.4 Å². The highest BCUT2D eigenvalue weighted by atomic mass is 35.5. The van der Waals surface area contributed by atoms with Crippen LogP contribution >= 0.6 is 36.2 Å². The zero-order chi connectivity index (χ0) is 16.2. The van der Waals surface area contributed by atoms with Crippen LogP contribution in [0, 0.1) is 5.92 Å². The third kappa shape index (κ3) is 6.15. The fourth-order valence-corrected chi connectivity index (χ4v) is 3.64. The Hall–Kier alpha value is -1.34. The molecule has 0 spiro atoms. The zero-order valence-electron chi connectivity index (χ0n) is 14.1. The van der Waals surface area contributed by atoms with Crippen LogP contribution in [-0.2, 0) is 6.54 Å². The van der Waals surface area contributed by atoms with Crippen molar-refractivity contribution in [2.24, 2.45) is 5.92 Å². The maximum Gasteiger partial charge on any atom is 0.257 e. The van der Waals surface area contributed by atoms with E-state index in [9.17, 15) is 4.79 Å². The third-order valence-electron chi connectivity index (χ3n) is 4.05. The number of anilines is 2. The van der Waals surface area contributed by atoms with Gasteiger partial charge in [0.15, 0.2) is 5.13 Å². The van der Waals surface area contributed by atoms with Crippen LogP contribution in [0.5, 0.6) is 0 Å². The van der Waals surface area contributed by atoms with Crippen LogP contribution in [0.3, 0.4) is 0 Å². The van der Waals surface area contributed by atoms with Gasteiger partial charge in [-0.25, -0.2) is 4.98 Å². The Kier molecular flexibility index (Phi) is 8.65. The number of piperidine rings is 1. The fraction of sp³-hybridized carbons (Fsp3) is 0.412. The second-order valence-electron chi connectivity index (χ2n) is 6.21. The van der Waals surface area contributed by atoms with E-state index in [0.717, 1.165) is 31.2 Å². The van der Waals surface area contributed by atoms with Gasteiger partial charge in [-0.15, -0.1) is 36.2 Å². The average Bonchev–Trinajstić information content (AvgIpc) is 2.94. The lowest BCUT2D eigenvalue weighted by atomic mass is 10.0. The van der Waals surface area contributed by atoms with Gasteiger partial charge in [0.1, 0.15) is 0 Å². The fourth-order valence-electron chi connectivity index (χ4n) is 2.95. The maximum absolute atomic E-state index is 12.2. The lowest BCUT2D eigenvalue weighted by Crippen LogP contribution is -2.33. The minimum Gasteiger partial charge on any atom is -0.399 e. The molecular weight excluding hydrogens is 379 g/mol. The van der Waals surface area contributed by atoms with Crippen molar-refractivity contribution in [3.05, 3.63) is 40.9 Å². The first-order valence-electron chi connectivity index (χ1n) is 7.94. The first-order chi connectivity index (χ1) is 11.1. The molecule has 5 nitrogen and oxygen atoms in total. The minimum atomic E-state index is -0.176. The van der Waals surface area contributed by atoms with Crippen LogP contribution in [0.4, 0.5) is 10.8 Å². The summed E-state index contributed by atoms with van der Waals surface area (Å²) in [6.07, 6.45) is 2.57. The summed E-state index contributed by atoms with van der Waals surface area (Å²) < 4.78 is 0. The van der Waals surface area contributed by atoms with Crippen molar-refractivity contribution < 1.29 is 4.79 Å². The van der Waals surface area contributed by atoms with Crippen molar-refractivity contribution in [3.8, 4) is 0 Å². The van der Waals surface area contributed by atoms with Gasteiger partial charge in [0.05, 0.1) is 5.69 Å². The molecule has 1 saturated heterocycles. The summed E-state index contributed by atoms with van der Waals surface area (Å²) in [5, 5.41) is 5.50. The Morgan fingerprint density at radius 2 is 2.24 bits per heavy atom. The van der Waals surface area contributed by atoms with Gasteiger partial charge < -0.3 is 5.73 Å². The second-order valence-corrected chi connectivity index (χ2v) is 7.06. The molecule has 3 N–H and O–H groups in total. The zero-order valence-corrected chi connectivity index (χ0v) is 16.6. The predicted octanol–water partition coefficient (Wildman–Crippen LogP) is 4.05. The Balaban J connectivity index is 0.00000156. The van der Waals surface area contributed by atoms with Crippen LogP contribution in [0.25, 0.3) is 0 Å². The number of nitrogens with one attached hydrogen (secondary N) is 1. The molecule has 1 atom stereocenters. The van der Waals surface area contributed by atoms with Crippen LogP contribution in [0.15, 0.2) is 29.6 Å². The van der Waals surface area contributed by atoms with E-state index in [4.69, 9.17) is 5.73 Å². The summed E-state index contributed by atoms with van der Waals surface area (Å²) in [4.78, 5) is 19.2. The number of hydrogen-bond acceptors (Lipinski definition) is 5. The second kappa shape index (κ2) is 9.97. The number of nitrogens with zero attached hydrogens (tertiary/aromatic N) is 2. The van der Waals surface area contributed by atoms with E-state index in [2.05, 4.69) is 22.1 Å². The third-order valence-corrected chi connectivity index (χ3v) is 4.85. The lowest BCUT2D eigenvalue weighted by Gasteiger charge is -2.30. The summed E-state index contributed by atoms with van der Waals surface area (Å²) in [5.41, 5.74) is 7.86. The van der Waals surface area contributed by atoms with Gasteiger partial charge in [-0.1, -0.05) is 13.0 Å². The van der Waals surface area contributed by atoms with Gasteiger partial charge in [0, 0.05) is 29.7 Å². The van der Waals surface area contributed by atoms with E-state index in [1.54, 1.807) is 24.3 Å². The molecule has 2 aromatic rings. The van der Waals surface area contributed by atoms with E-state index in [1.165, 1.54) is 24.2 Å². The molecule has 1 aliphatic rings. The molecule has 1 amide bonds.